The number of rotatable bonds is 3. The molecular formula is C12H20N4O2. The van der Waals surface area contributed by atoms with Gasteiger partial charge in [0.05, 0.1) is 6.54 Å². The molecule has 2 heterocycles. The van der Waals surface area contributed by atoms with Crippen LogP contribution in [-0.2, 0) is 11.3 Å². The average Bonchev–Trinajstić information content (AvgIpc) is 2.64. The van der Waals surface area contributed by atoms with Gasteiger partial charge in [0.2, 0.25) is 17.7 Å². The van der Waals surface area contributed by atoms with Gasteiger partial charge in [-0.15, -0.1) is 10.2 Å². The molecule has 2 rings (SSSR count). The Morgan fingerprint density at radius 1 is 1.28 bits per heavy atom. The van der Waals surface area contributed by atoms with Crippen LogP contribution >= 0.6 is 0 Å². The van der Waals surface area contributed by atoms with Gasteiger partial charge in [-0.25, -0.2) is 0 Å². The van der Waals surface area contributed by atoms with E-state index in [2.05, 4.69) is 15.1 Å². The molecule has 0 aliphatic carbocycles. The van der Waals surface area contributed by atoms with E-state index < -0.39 is 0 Å². The third-order valence-electron chi connectivity index (χ3n) is 3.17. The van der Waals surface area contributed by atoms with E-state index in [9.17, 15) is 4.79 Å². The van der Waals surface area contributed by atoms with E-state index >= 15 is 0 Å². The van der Waals surface area contributed by atoms with Crippen LogP contribution in [0, 0.1) is 6.92 Å². The number of amides is 1. The minimum atomic E-state index is 0.241. The Kier molecular flexibility index (Phi) is 4.30. The number of carbonyl (C=O) groups excluding carboxylic acids is 1. The van der Waals surface area contributed by atoms with Crippen LogP contribution in [0.4, 0.5) is 0 Å². The fourth-order valence-corrected chi connectivity index (χ4v) is 2.19. The summed E-state index contributed by atoms with van der Waals surface area (Å²) >= 11 is 0. The van der Waals surface area contributed by atoms with Crippen LogP contribution in [0.1, 0.15) is 31.5 Å². The van der Waals surface area contributed by atoms with Gasteiger partial charge in [-0.2, -0.15) is 0 Å². The molecule has 1 saturated heterocycles. The molecule has 100 valence electrons. The maximum absolute atomic E-state index is 11.7. The number of carbonyl (C=O) groups is 1. The van der Waals surface area contributed by atoms with E-state index in [-0.39, 0.29) is 5.91 Å². The fourth-order valence-electron chi connectivity index (χ4n) is 2.19. The summed E-state index contributed by atoms with van der Waals surface area (Å²) in [5.74, 6) is 1.50. The van der Waals surface area contributed by atoms with Gasteiger partial charge in [0.25, 0.3) is 0 Å². The van der Waals surface area contributed by atoms with Crippen molar-refractivity contribution < 1.29 is 9.21 Å². The molecule has 0 saturated carbocycles. The molecule has 18 heavy (non-hydrogen) atoms. The molecular weight excluding hydrogens is 232 g/mol. The zero-order chi connectivity index (χ0) is 13.0. The maximum Gasteiger partial charge on any atom is 0.230 e. The molecule has 1 aliphatic rings. The third kappa shape index (κ3) is 3.29. The van der Waals surface area contributed by atoms with Crippen LogP contribution in [0.15, 0.2) is 4.42 Å². The smallest absolute Gasteiger partial charge is 0.230 e. The van der Waals surface area contributed by atoms with Crippen LogP contribution in [0.2, 0.25) is 0 Å². The summed E-state index contributed by atoms with van der Waals surface area (Å²) in [5.41, 5.74) is 0. The first-order chi connectivity index (χ1) is 8.69. The first-order valence-electron chi connectivity index (χ1n) is 6.48. The van der Waals surface area contributed by atoms with Crippen molar-refractivity contribution in [2.45, 2.75) is 33.2 Å². The minimum Gasteiger partial charge on any atom is -0.424 e. The molecule has 0 radical (unpaired) electrons. The first kappa shape index (κ1) is 13.0. The van der Waals surface area contributed by atoms with Crippen LogP contribution in [0.5, 0.6) is 0 Å². The van der Waals surface area contributed by atoms with E-state index in [1.165, 1.54) is 0 Å². The SMILES string of the molecule is CCC(=O)N1CCCN(Cc2nnc(C)o2)CC1. The zero-order valence-electron chi connectivity index (χ0n) is 11.1. The molecule has 1 amide bonds. The second kappa shape index (κ2) is 5.95. The summed E-state index contributed by atoms with van der Waals surface area (Å²) in [7, 11) is 0. The van der Waals surface area contributed by atoms with Crippen molar-refractivity contribution in [2.24, 2.45) is 0 Å². The van der Waals surface area contributed by atoms with Gasteiger partial charge < -0.3 is 9.32 Å². The Morgan fingerprint density at radius 2 is 2.11 bits per heavy atom. The summed E-state index contributed by atoms with van der Waals surface area (Å²) < 4.78 is 5.38. The second-order valence-corrected chi connectivity index (χ2v) is 4.58. The van der Waals surface area contributed by atoms with Crippen molar-refractivity contribution >= 4 is 5.91 Å². The van der Waals surface area contributed by atoms with Crippen molar-refractivity contribution in [1.82, 2.24) is 20.0 Å². The number of aryl methyl sites for hydroxylation is 1. The van der Waals surface area contributed by atoms with Crippen molar-refractivity contribution in [3.05, 3.63) is 11.8 Å². The van der Waals surface area contributed by atoms with Gasteiger partial charge in [-0.1, -0.05) is 6.92 Å². The standard InChI is InChI=1S/C12H20N4O2/c1-3-12(17)16-6-4-5-15(7-8-16)9-11-14-13-10(2)18-11/h3-9H2,1-2H3. The predicted molar refractivity (Wildman–Crippen MR) is 65.8 cm³/mol. The normalized spacial score (nSPS) is 17.8. The van der Waals surface area contributed by atoms with Gasteiger partial charge in [0.1, 0.15) is 0 Å². The summed E-state index contributed by atoms with van der Waals surface area (Å²) in [5, 5.41) is 7.83. The van der Waals surface area contributed by atoms with Gasteiger partial charge in [-0.3, -0.25) is 9.69 Å². The average molecular weight is 252 g/mol. The fraction of sp³-hybridized carbons (Fsp3) is 0.750. The monoisotopic (exact) mass is 252 g/mol. The molecule has 1 fully saturated rings. The molecule has 0 bridgehead atoms. The lowest BCUT2D eigenvalue weighted by Crippen LogP contribution is -2.34. The lowest BCUT2D eigenvalue weighted by molar-refractivity contribution is -0.130. The van der Waals surface area contributed by atoms with Crippen molar-refractivity contribution in [3.63, 3.8) is 0 Å². The van der Waals surface area contributed by atoms with Gasteiger partial charge in [0.15, 0.2) is 0 Å². The van der Waals surface area contributed by atoms with E-state index in [1.54, 1.807) is 6.92 Å². The molecule has 0 N–H and O–H groups in total. The molecule has 0 aromatic carbocycles. The first-order valence-corrected chi connectivity index (χ1v) is 6.48. The summed E-state index contributed by atoms with van der Waals surface area (Å²) in [6.07, 6.45) is 1.59. The highest BCUT2D eigenvalue weighted by Crippen LogP contribution is 2.09. The summed E-state index contributed by atoms with van der Waals surface area (Å²) in [6.45, 7) is 7.86. The van der Waals surface area contributed by atoms with Crippen LogP contribution < -0.4 is 0 Å². The summed E-state index contributed by atoms with van der Waals surface area (Å²) in [4.78, 5) is 15.9. The number of aromatic nitrogens is 2. The number of hydrogen-bond acceptors (Lipinski definition) is 5. The number of hydrogen-bond donors (Lipinski definition) is 0. The van der Waals surface area contributed by atoms with E-state index in [0.717, 1.165) is 32.6 Å². The second-order valence-electron chi connectivity index (χ2n) is 4.58. The molecule has 1 aromatic heterocycles. The van der Waals surface area contributed by atoms with E-state index in [4.69, 9.17) is 4.42 Å². The van der Waals surface area contributed by atoms with E-state index in [0.29, 0.717) is 24.7 Å². The largest absolute Gasteiger partial charge is 0.424 e. The highest BCUT2D eigenvalue weighted by molar-refractivity contribution is 5.75. The highest BCUT2D eigenvalue weighted by atomic mass is 16.4. The lowest BCUT2D eigenvalue weighted by atomic mass is 10.3. The van der Waals surface area contributed by atoms with E-state index in [1.807, 2.05) is 11.8 Å². The molecule has 0 atom stereocenters. The Hall–Kier alpha value is -1.43. The quantitative estimate of drug-likeness (QED) is 0.797. The topological polar surface area (TPSA) is 62.5 Å². The summed E-state index contributed by atoms with van der Waals surface area (Å²) in [6, 6.07) is 0. The Labute approximate surface area is 107 Å². The minimum absolute atomic E-state index is 0.241. The molecule has 1 aromatic rings. The lowest BCUT2D eigenvalue weighted by Gasteiger charge is -2.20. The van der Waals surface area contributed by atoms with Gasteiger partial charge in [0, 0.05) is 39.5 Å². The van der Waals surface area contributed by atoms with Crippen LogP contribution in [-0.4, -0.2) is 52.1 Å². The molecule has 6 nitrogen and oxygen atoms in total. The molecule has 0 unspecified atom stereocenters. The zero-order valence-corrected chi connectivity index (χ0v) is 11.1. The van der Waals surface area contributed by atoms with Crippen molar-refractivity contribution in [2.75, 3.05) is 26.2 Å². The molecule has 0 spiro atoms. The number of nitrogens with zero attached hydrogens (tertiary/aromatic N) is 4. The van der Waals surface area contributed by atoms with Gasteiger partial charge in [-0.05, 0) is 6.42 Å². The Morgan fingerprint density at radius 3 is 2.78 bits per heavy atom. The maximum atomic E-state index is 11.7. The molecule has 1 aliphatic heterocycles. The van der Waals surface area contributed by atoms with Crippen molar-refractivity contribution in [1.29, 1.82) is 0 Å². The Bertz CT molecular complexity index is 405. The Balaban J connectivity index is 1.87. The predicted octanol–water partition coefficient (Wildman–Crippen LogP) is 0.822. The van der Waals surface area contributed by atoms with Crippen molar-refractivity contribution in [3.8, 4) is 0 Å². The molecule has 6 heteroatoms. The highest BCUT2D eigenvalue weighted by Gasteiger charge is 2.19. The van der Waals surface area contributed by atoms with Crippen LogP contribution in [0.3, 0.4) is 0 Å². The third-order valence-corrected chi connectivity index (χ3v) is 3.17. The van der Waals surface area contributed by atoms with Crippen LogP contribution in [0.25, 0.3) is 0 Å². The van der Waals surface area contributed by atoms with Gasteiger partial charge >= 0.3 is 0 Å².